The molecule has 1 heterocycles. The fourth-order valence-electron chi connectivity index (χ4n) is 1.75. The van der Waals surface area contributed by atoms with Gasteiger partial charge < -0.3 is 10.6 Å². The summed E-state index contributed by atoms with van der Waals surface area (Å²) >= 11 is 3.49. The van der Waals surface area contributed by atoms with E-state index in [1.54, 1.807) is 0 Å². The van der Waals surface area contributed by atoms with Gasteiger partial charge in [-0.1, -0.05) is 28.9 Å². The number of rotatable bonds is 5. The van der Waals surface area contributed by atoms with Gasteiger partial charge in [0.2, 0.25) is 5.95 Å². The summed E-state index contributed by atoms with van der Waals surface area (Å²) < 4.78 is 1.04. The Morgan fingerprint density at radius 1 is 1.20 bits per heavy atom. The van der Waals surface area contributed by atoms with E-state index in [9.17, 15) is 0 Å². The maximum Gasteiger partial charge on any atom is 0.224 e. The van der Waals surface area contributed by atoms with Crippen molar-refractivity contribution in [3.8, 4) is 0 Å². The first-order chi connectivity index (χ1) is 9.60. The lowest BCUT2D eigenvalue weighted by atomic mass is 10.2. The molecule has 106 valence electrons. The molecule has 20 heavy (non-hydrogen) atoms. The molecule has 2 rings (SSSR count). The molecule has 4 nitrogen and oxygen atoms in total. The van der Waals surface area contributed by atoms with Gasteiger partial charge in [0.1, 0.15) is 5.82 Å². The Balaban J connectivity index is 2.25. The van der Waals surface area contributed by atoms with Gasteiger partial charge in [-0.25, -0.2) is 4.98 Å². The molecule has 1 aromatic carbocycles. The first-order valence-corrected chi connectivity index (χ1v) is 7.50. The lowest BCUT2D eigenvalue weighted by Gasteiger charge is -2.12. The molecule has 2 N–H and O–H groups in total. The summed E-state index contributed by atoms with van der Waals surface area (Å²) in [5, 5.41) is 6.58. The smallest absolute Gasteiger partial charge is 0.224 e. The van der Waals surface area contributed by atoms with E-state index >= 15 is 0 Å². The van der Waals surface area contributed by atoms with Gasteiger partial charge in [-0.15, -0.1) is 0 Å². The highest BCUT2D eigenvalue weighted by atomic mass is 79.9. The lowest BCUT2D eigenvalue weighted by molar-refractivity contribution is 0.950. The van der Waals surface area contributed by atoms with Crippen molar-refractivity contribution in [2.24, 2.45) is 0 Å². The predicted molar refractivity (Wildman–Crippen MR) is 87.7 cm³/mol. The summed E-state index contributed by atoms with van der Waals surface area (Å²) in [4.78, 5) is 8.81. The fraction of sp³-hybridized carbons (Fsp3) is 0.333. The van der Waals surface area contributed by atoms with E-state index in [4.69, 9.17) is 0 Å². The minimum Gasteiger partial charge on any atom is -0.354 e. The Morgan fingerprint density at radius 2 is 2.00 bits per heavy atom. The molecular weight excluding hydrogens is 316 g/mol. The second-order valence-corrected chi connectivity index (χ2v) is 5.65. The molecule has 5 heteroatoms. The van der Waals surface area contributed by atoms with Crippen molar-refractivity contribution in [1.29, 1.82) is 0 Å². The molecule has 0 spiro atoms. The summed E-state index contributed by atoms with van der Waals surface area (Å²) in [5.41, 5.74) is 3.24. The van der Waals surface area contributed by atoms with Crippen LogP contribution in [-0.4, -0.2) is 16.5 Å². The third-order valence-electron chi connectivity index (χ3n) is 2.96. The van der Waals surface area contributed by atoms with Crippen LogP contribution in [0.5, 0.6) is 0 Å². The third-order valence-corrected chi connectivity index (χ3v) is 3.45. The topological polar surface area (TPSA) is 49.8 Å². The van der Waals surface area contributed by atoms with E-state index in [0.717, 1.165) is 34.5 Å². The second-order valence-electron chi connectivity index (χ2n) is 4.74. The molecule has 0 saturated carbocycles. The zero-order valence-corrected chi connectivity index (χ0v) is 13.6. The van der Waals surface area contributed by atoms with E-state index in [2.05, 4.69) is 62.5 Å². The van der Waals surface area contributed by atoms with Crippen LogP contribution in [0.25, 0.3) is 0 Å². The van der Waals surface area contributed by atoms with Crippen molar-refractivity contribution in [2.45, 2.75) is 27.2 Å². The van der Waals surface area contributed by atoms with Crippen molar-refractivity contribution in [3.63, 3.8) is 0 Å². The van der Waals surface area contributed by atoms with Crippen molar-refractivity contribution >= 4 is 33.4 Å². The highest BCUT2D eigenvalue weighted by Crippen LogP contribution is 2.25. The number of hydrogen-bond acceptors (Lipinski definition) is 4. The molecule has 0 unspecified atom stereocenters. The van der Waals surface area contributed by atoms with Crippen molar-refractivity contribution in [1.82, 2.24) is 9.97 Å². The minimum atomic E-state index is 0.660. The van der Waals surface area contributed by atoms with Crippen molar-refractivity contribution < 1.29 is 0 Å². The average Bonchev–Trinajstić information content (AvgIpc) is 2.43. The predicted octanol–water partition coefficient (Wildman–Crippen LogP) is 4.42. The van der Waals surface area contributed by atoms with Gasteiger partial charge in [-0.05, 0) is 38.0 Å². The van der Waals surface area contributed by atoms with Crippen LogP contribution in [0.3, 0.4) is 0 Å². The second kappa shape index (κ2) is 6.70. The molecule has 2 aromatic rings. The molecule has 0 saturated heterocycles. The highest BCUT2D eigenvalue weighted by Gasteiger charge is 2.06. The minimum absolute atomic E-state index is 0.660. The average molecular weight is 335 g/mol. The first kappa shape index (κ1) is 14.8. The van der Waals surface area contributed by atoms with Crippen LogP contribution in [0.2, 0.25) is 0 Å². The van der Waals surface area contributed by atoms with Crippen LogP contribution in [0.1, 0.15) is 24.5 Å². The molecule has 1 aromatic heterocycles. The van der Waals surface area contributed by atoms with Gasteiger partial charge in [0, 0.05) is 28.5 Å². The van der Waals surface area contributed by atoms with Gasteiger partial charge in [0.25, 0.3) is 0 Å². The fourth-order valence-corrected chi connectivity index (χ4v) is 2.11. The Kier molecular flexibility index (Phi) is 4.95. The molecule has 0 bridgehead atoms. The number of halogens is 1. The van der Waals surface area contributed by atoms with Crippen LogP contribution in [0.15, 0.2) is 28.9 Å². The Labute approximate surface area is 128 Å². The number of hydrogen-bond donors (Lipinski definition) is 2. The number of aryl methyl sites for hydroxylation is 2. The number of nitrogens with zero attached hydrogens (tertiary/aromatic N) is 2. The molecule has 0 aliphatic carbocycles. The zero-order chi connectivity index (χ0) is 14.5. The molecule has 0 aliphatic heterocycles. The SMILES string of the molecule is CCCNc1ncc(C)c(Nc2cc(Br)ccc2C)n1. The van der Waals surface area contributed by atoms with Gasteiger partial charge in [-0.3, -0.25) is 0 Å². The summed E-state index contributed by atoms with van der Waals surface area (Å²) in [7, 11) is 0. The van der Waals surface area contributed by atoms with Gasteiger partial charge >= 0.3 is 0 Å². The maximum atomic E-state index is 4.53. The maximum absolute atomic E-state index is 4.53. The Morgan fingerprint density at radius 3 is 2.75 bits per heavy atom. The third kappa shape index (κ3) is 3.70. The quantitative estimate of drug-likeness (QED) is 0.849. The number of nitrogens with one attached hydrogen (secondary N) is 2. The van der Waals surface area contributed by atoms with Gasteiger partial charge in [0.15, 0.2) is 0 Å². The van der Waals surface area contributed by atoms with Gasteiger partial charge in [-0.2, -0.15) is 4.98 Å². The summed E-state index contributed by atoms with van der Waals surface area (Å²) in [6, 6.07) is 6.15. The Hall–Kier alpha value is -1.62. The zero-order valence-electron chi connectivity index (χ0n) is 12.0. The van der Waals surface area contributed by atoms with Gasteiger partial charge in [0.05, 0.1) is 0 Å². The lowest BCUT2D eigenvalue weighted by Crippen LogP contribution is -2.07. The molecule has 0 radical (unpaired) electrons. The number of benzene rings is 1. The number of anilines is 3. The molecule has 0 fully saturated rings. The number of aromatic nitrogens is 2. The normalized spacial score (nSPS) is 10.4. The van der Waals surface area contributed by atoms with Crippen molar-refractivity contribution in [3.05, 3.63) is 40.0 Å². The van der Waals surface area contributed by atoms with E-state index in [-0.39, 0.29) is 0 Å². The van der Waals surface area contributed by atoms with Crippen LogP contribution in [-0.2, 0) is 0 Å². The highest BCUT2D eigenvalue weighted by molar-refractivity contribution is 9.10. The van der Waals surface area contributed by atoms with E-state index < -0.39 is 0 Å². The van der Waals surface area contributed by atoms with Crippen LogP contribution >= 0.6 is 15.9 Å². The van der Waals surface area contributed by atoms with Crippen LogP contribution in [0, 0.1) is 13.8 Å². The summed E-state index contributed by atoms with van der Waals surface area (Å²) in [6.07, 6.45) is 2.88. The van der Waals surface area contributed by atoms with E-state index in [0.29, 0.717) is 5.95 Å². The molecule has 0 aliphatic rings. The van der Waals surface area contributed by atoms with Crippen molar-refractivity contribution in [2.75, 3.05) is 17.2 Å². The standard InChI is InChI=1S/C15H19BrN4/c1-4-7-17-15-18-9-11(3)14(20-15)19-13-8-12(16)6-5-10(13)2/h5-6,8-9H,4,7H2,1-3H3,(H2,17,18,19,20). The first-order valence-electron chi connectivity index (χ1n) is 6.71. The molecule has 0 amide bonds. The Bertz CT molecular complexity index is 598. The summed E-state index contributed by atoms with van der Waals surface area (Å²) in [6.45, 7) is 7.06. The van der Waals surface area contributed by atoms with Crippen LogP contribution < -0.4 is 10.6 Å². The van der Waals surface area contributed by atoms with E-state index in [1.165, 1.54) is 5.56 Å². The van der Waals surface area contributed by atoms with Crippen LogP contribution in [0.4, 0.5) is 17.5 Å². The monoisotopic (exact) mass is 334 g/mol. The van der Waals surface area contributed by atoms with E-state index in [1.807, 2.05) is 19.2 Å². The largest absolute Gasteiger partial charge is 0.354 e. The molecular formula is C15H19BrN4. The molecule has 0 atom stereocenters. The summed E-state index contributed by atoms with van der Waals surface area (Å²) in [5.74, 6) is 1.49.